The number of carbonyl (C=O) groups is 1. The summed E-state index contributed by atoms with van der Waals surface area (Å²) in [6.07, 6.45) is 0. The minimum Gasteiger partial charge on any atom is -0.353 e. The molecule has 0 saturated heterocycles. The Labute approximate surface area is 115 Å². The molecule has 0 fully saturated rings. The predicted octanol–water partition coefficient (Wildman–Crippen LogP) is 2.54. The predicted molar refractivity (Wildman–Crippen MR) is 73.7 cm³/mol. The molecule has 1 rings (SSSR count). The van der Waals surface area contributed by atoms with Crippen molar-refractivity contribution >= 4 is 21.8 Å². The van der Waals surface area contributed by atoms with E-state index in [0.29, 0.717) is 17.6 Å². The zero-order valence-corrected chi connectivity index (χ0v) is 12.4. The topological polar surface area (TPSA) is 32.3 Å². The maximum Gasteiger partial charge on any atom is 0.234 e. The van der Waals surface area contributed by atoms with Crippen molar-refractivity contribution < 1.29 is 9.18 Å². The van der Waals surface area contributed by atoms with Crippen molar-refractivity contribution in [2.24, 2.45) is 0 Å². The molecule has 0 bridgehead atoms. The number of rotatable bonds is 5. The number of hydrogen-bond acceptors (Lipinski definition) is 2. The summed E-state index contributed by atoms with van der Waals surface area (Å²) in [5.74, 6) is -0.312. The largest absolute Gasteiger partial charge is 0.353 e. The number of hydrogen-bond donors (Lipinski definition) is 1. The van der Waals surface area contributed by atoms with Gasteiger partial charge in [0.15, 0.2) is 0 Å². The molecule has 1 aromatic carbocycles. The minimum atomic E-state index is -0.285. The van der Waals surface area contributed by atoms with Gasteiger partial charge in [-0.05, 0) is 48.5 Å². The number of benzene rings is 1. The standard InChI is InChI=1S/C13H18BrFN2O/c1-9(2)16-12(18)8-17(3)7-10-5-4-6-11(15)13(10)14/h4-6,9H,7-8H2,1-3H3,(H,16,18). The molecule has 0 aliphatic rings. The molecule has 0 unspecified atom stereocenters. The van der Waals surface area contributed by atoms with Gasteiger partial charge in [0, 0.05) is 12.6 Å². The highest BCUT2D eigenvalue weighted by Gasteiger charge is 2.11. The molecule has 100 valence electrons. The van der Waals surface area contributed by atoms with Crippen LogP contribution in [0, 0.1) is 5.82 Å². The van der Waals surface area contributed by atoms with Gasteiger partial charge in [-0.2, -0.15) is 0 Å². The SMILES string of the molecule is CC(C)NC(=O)CN(C)Cc1cccc(F)c1Br. The van der Waals surface area contributed by atoms with Gasteiger partial charge in [0.2, 0.25) is 5.91 Å². The lowest BCUT2D eigenvalue weighted by Crippen LogP contribution is -2.38. The molecule has 0 saturated carbocycles. The van der Waals surface area contributed by atoms with Gasteiger partial charge in [-0.3, -0.25) is 9.69 Å². The van der Waals surface area contributed by atoms with E-state index in [4.69, 9.17) is 0 Å². The van der Waals surface area contributed by atoms with Crippen LogP contribution in [0.2, 0.25) is 0 Å². The zero-order valence-electron chi connectivity index (χ0n) is 10.8. The van der Waals surface area contributed by atoms with Crippen LogP contribution in [0.1, 0.15) is 19.4 Å². The van der Waals surface area contributed by atoms with E-state index in [1.165, 1.54) is 6.07 Å². The van der Waals surface area contributed by atoms with Crippen LogP contribution in [0.15, 0.2) is 22.7 Å². The van der Waals surface area contributed by atoms with Crippen LogP contribution in [-0.4, -0.2) is 30.4 Å². The van der Waals surface area contributed by atoms with Crippen LogP contribution < -0.4 is 5.32 Å². The van der Waals surface area contributed by atoms with Gasteiger partial charge in [-0.1, -0.05) is 12.1 Å². The molecule has 0 atom stereocenters. The molecule has 18 heavy (non-hydrogen) atoms. The van der Waals surface area contributed by atoms with Crippen LogP contribution in [0.3, 0.4) is 0 Å². The van der Waals surface area contributed by atoms with Crippen LogP contribution in [-0.2, 0) is 11.3 Å². The number of nitrogens with one attached hydrogen (secondary N) is 1. The first-order valence-corrected chi connectivity index (χ1v) is 6.60. The van der Waals surface area contributed by atoms with E-state index in [0.717, 1.165) is 5.56 Å². The Hall–Kier alpha value is -0.940. The van der Waals surface area contributed by atoms with Gasteiger partial charge in [-0.15, -0.1) is 0 Å². The fraction of sp³-hybridized carbons (Fsp3) is 0.462. The first kappa shape index (κ1) is 15.1. The van der Waals surface area contributed by atoms with Gasteiger partial charge in [0.1, 0.15) is 5.82 Å². The maximum atomic E-state index is 13.3. The second-order valence-electron chi connectivity index (χ2n) is 4.61. The van der Waals surface area contributed by atoms with Gasteiger partial charge < -0.3 is 5.32 Å². The lowest BCUT2D eigenvalue weighted by molar-refractivity contribution is -0.122. The van der Waals surface area contributed by atoms with Crippen molar-refractivity contribution in [1.82, 2.24) is 10.2 Å². The Morgan fingerprint density at radius 3 is 2.78 bits per heavy atom. The van der Waals surface area contributed by atoms with E-state index >= 15 is 0 Å². The van der Waals surface area contributed by atoms with Crippen molar-refractivity contribution in [2.45, 2.75) is 26.4 Å². The third kappa shape index (κ3) is 4.74. The molecule has 1 N–H and O–H groups in total. The second kappa shape index (κ2) is 6.85. The van der Waals surface area contributed by atoms with Crippen molar-refractivity contribution in [2.75, 3.05) is 13.6 Å². The summed E-state index contributed by atoms with van der Waals surface area (Å²) in [7, 11) is 1.83. The van der Waals surface area contributed by atoms with Crippen LogP contribution in [0.4, 0.5) is 4.39 Å². The summed E-state index contributed by atoms with van der Waals surface area (Å²) < 4.78 is 13.8. The lowest BCUT2D eigenvalue weighted by Gasteiger charge is -2.18. The molecule has 0 spiro atoms. The van der Waals surface area contributed by atoms with E-state index in [-0.39, 0.29) is 17.8 Å². The third-order valence-electron chi connectivity index (χ3n) is 2.34. The van der Waals surface area contributed by atoms with E-state index in [9.17, 15) is 9.18 Å². The van der Waals surface area contributed by atoms with E-state index in [2.05, 4.69) is 21.2 Å². The molecule has 1 aromatic rings. The molecule has 3 nitrogen and oxygen atoms in total. The fourth-order valence-electron chi connectivity index (χ4n) is 1.63. The van der Waals surface area contributed by atoms with E-state index in [1.54, 1.807) is 6.07 Å². The van der Waals surface area contributed by atoms with Gasteiger partial charge in [-0.25, -0.2) is 4.39 Å². The number of carbonyl (C=O) groups excluding carboxylic acids is 1. The van der Waals surface area contributed by atoms with Crippen LogP contribution >= 0.6 is 15.9 Å². The Morgan fingerprint density at radius 2 is 2.17 bits per heavy atom. The van der Waals surface area contributed by atoms with E-state index in [1.807, 2.05) is 31.9 Å². The average molecular weight is 317 g/mol. The Balaban J connectivity index is 2.57. The number of nitrogens with zero attached hydrogens (tertiary/aromatic N) is 1. The number of likely N-dealkylation sites (N-methyl/N-ethyl adjacent to an activating group) is 1. The molecule has 0 aromatic heterocycles. The third-order valence-corrected chi connectivity index (χ3v) is 3.22. The normalized spacial score (nSPS) is 11.1. The molecule has 0 radical (unpaired) electrons. The van der Waals surface area contributed by atoms with Crippen molar-refractivity contribution in [3.8, 4) is 0 Å². The second-order valence-corrected chi connectivity index (χ2v) is 5.40. The summed E-state index contributed by atoms with van der Waals surface area (Å²) in [5, 5.41) is 2.82. The zero-order chi connectivity index (χ0) is 13.7. The van der Waals surface area contributed by atoms with Crippen molar-refractivity contribution in [3.63, 3.8) is 0 Å². The summed E-state index contributed by atoms with van der Waals surface area (Å²) in [6, 6.07) is 5.03. The monoisotopic (exact) mass is 316 g/mol. The highest BCUT2D eigenvalue weighted by Crippen LogP contribution is 2.21. The molecule has 0 aliphatic carbocycles. The van der Waals surface area contributed by atoms with Gasteiger partial charge in [0.25, 0.3) is 0 Å². The Bertz CT molecular complexity index is 423. The van der Waals surface area contributed by atoms with Crippen molar-refractivity contribution in [1.29, 1.82) is 0 Å². The lowest BCUT2D eigenvalue weighted by atomic mass is 10.2. The Morgan fingerprint density at radius 1 is 1.50 bits per heavy atom. The highest BCUT2D eigenvalue weighted by molar-refractivity contribution is 9.10. The fourth-order valence-corrected chi connectivity index (χ4v) is 2.02. The maximum absolute atomic E-state index is 13.3. The summed E-state index contributed by atoms with van der Waals surface area (Å²) >= 11 is 3.21. The first-order valence-electron chi connectivity index (χ1n) is 5.81. The number of amides is 1. The van der Waals surface area contributed by atoms with Gasteiger partial charge in [0.05, 0.1) is 11.0 Å². The summed E-state index contributed by atoms with van der Waals surface area (Å²) in [4.78, 5) is 13.4. The highest BCUT2D eigenvalue weighted by atomic mass is 79.9. The number of halogens is 2. The van der Waals surface area contributed by atoms with Gasteiger partial charge >= 0.3 is 0 Å². The summed E-state index contributed by atoms with van der Waals surface area (Å²) in [5.41, 5.74) is 0.829. The van der Waals surface area contributed by atoms with Crippen LogP contribution in [0.5, 0.6) is 0 Å². The average Bonchev–Trinajstić information content (AvgIpc) is 2.23. The molecule has 0 aliphatic heterocycles. The quantitative estimate of drug-likeness (QED) is 0.905. The first-order chi connectivity index (χ1) is 8.40. The molecular formula is C13H18BrFN2O. The molecule has 1 amide bonds. The molecule has 5 heteroatoms. The molecule has 0 heterocycles. The molecular weight excluding hydrogens is 299 g/mol. The Kier molecular flexibility index (Phi) is 5.75. The van der Waals surface area contributed by atoms with Crippen molar-refractivity contribution in [3.05, 3.63) is 34.1 Å². The van der Waals surface area contributed by atoms with E-state index < -0.39 is 0 Å². The smallest absolute Gasteiger partial charge is 0.234 e. The summed E-state index contributed by atoms with van der Waals surface area (Å²) in [6.45, 7) is 4.65. The minimum absolute atomic E-state index is 0.0278. The van der Waals surface area contributed by atoms with Crippen LogP contribution in [0.25, 0.3) is 0 Å².